The third-order valence-corrected chi connectivity index (χ3v) is 5.61. The summed E-state index contributed by atoms with van der Waals surface area (Å²) in [6.45, 7) is 2.03. The number of carbonyl (C=O) groups excluding carboxylic acids is 1. The van der Waals surface area contributed by atoms with Gasteiger partial charge in [-0.25, -0.2) is 4.79 Å². The van der Waals surface area contributed by atoms with Crippen molar-refractivity contribution in [2.24, 2.45) is 0 Å². The van der Waals surface area contributed by atoms with Crippen LogP contribution in [0.25, 0.3) is 22.8 Å². The molecule has 0 atom stereocenters. The number of fused-ring (bicyclic) bond motifs is 3. The summed E-state index contributed by atoms with van der Waals surface area (Å²) in [6, 6.07) is 14.2. The first-order chi connectivity index (χ1) is 13.5. The van der Waals surface area contributed by atoms with Crippen LogP contribution >= 0.6 is 11.3 Å². The number of hydrogen-bond donors (Lipinski definition) is 1. The summed E-state index contributed by atoms with van der Waals surface area (Å²) >= 11 is 1.35. The molecule has 1 aliphatic rings. The third-order valence-electron chi connectivity index (χ3n) is 4.56. The van der Waals surface area contributed by atoms with Gasteiger partial charge < -0.3 is 10.5 Å². The first-order valence-electron chi connectivity index (χ1n) is 8.67. The molecule has 0 spiro atoms. The highest BCUT2D eigenvalue weighted by Crippen LogP contribution is 2.52. The second-order valence-corrected chi connectivity index (χ2v) is 7.27. The zero-order valence-corrected chi connectivity index (χ0v) is 15.8. The van der Waals surface area contributed by atoms with E-state index in [1.54, 1.807) is 19.1 Å². The van der Waals surface area contributed by atoms with E-state index in [0.717, 1.165) is 32.7 Å². The number of non-ortho nitro benzene ring substituents is 1. The number of rotatable bonds is 4. The molecule has 1 heterocycles. The fourth-order valence-electron chi connectivity index (χ4n) is 3.36. The lowest BCUT2D eigenvalue weighted by Gasteiger charge is -2.05. The molecule has 0 radical (unpaired) electrons. The Labute approximate surface area is 165 Å². The average molecular weight is 392 g/mol. The second kappa shape index (κ2) is 6.94. The van der Waals surface area contributed by atoms with E-state index in [0.29, 0.717) is 10.6 Å². The Morgan fingerprint density at radius 1 is 1.18 bits per heavy atom. The first-order valence-corrected chi connectivity index (χ1v) is 9.48. The molecule has 0 saturated carbocycles. The van der Waals surface area contributed by atoms with Crippen LogP contribution in [0.1, 0.15) is 33.3 Å². The molecule has 1 aromatic heterocycles. The van der Waals surface area contributed by atoms with E-state index >= 15 is 0 Å². The van der Waals surface area contributed by atoms with Gasteiger partial charge in [0.1, 0.15) is 10.6 Å². The van der Waals surface area contributed by atoms with E-state index in [-0.39, 0.29) is 12.3 Å². The summed E-state index contributed by atoms with van der Waals surface area (Å²) in [5.74, 6) is -0.427. The fourth-order valence-corrected chi connectivity index (χ4v) is 4.46. The van der Waals surface area contributed by atoms with Crippen LogP contribution in [-0.2, 0) is 4.74 Å². The molecule has 7 heteroatoms. The van der Waals surface area contributed by atoms with E-state index in [9.17, 15) is 14.9 Å². The van der Waals surface area contributed by atoms with Crippen LogP contribution < -0.4 is 5.73 Å². The van der Waals surface area contributed by atoms with E-state index in [1.807, 2.05) is 30.3 Å². The van der Waals surface area contributed by atoms with Gasteiger partial charge in [0.15, 0.2) is 0 Å². The van der Waals surface area contributed by atoms with Crippen LogP contribution in [0, 0.1) is 10.1 Å². The standard InChI is InChI=1S/C21H16N2O4S/c1-2-27-21(24)18-17-15-6-4-3-5-14(15)16(19(17)28-20(18)22)11-12-7-9-13(10-8-12)23(25)26/h3-11H,2,22H2,1H3/b16-11+. The number of thiophene rings is 1. The van der Waals surface area contributed by atoms with Gasteiger partial charge in [0.05, 0.1) is 11.5 Å². The number of nitro groups is 1. The quantitative estimate of drug-likeness (QED) is 0.300. The number of ether oxygens (including phenoxy) is 1. The van der Waals surface area contributed by atoms with E-state index < -0.39 is 10.9 Å². The average Bonchev–Trinajstić information content (AvgIpc) is 3.16. The molecule has 28 heavy (non-hydrogen) atoms. The number of benzene rings is 2. The largest absolute Gasteiger partial charge is 0.462 e. The highest BCUT2D eigenvalue weighted by Gasteiger charge is 2.33. The van der Waals surface area contributed by atoms with Crippen molar-refractivity contribution in [3.63, 3.8) is 0 Å². The highest BCUT2D eigenvalue weighted by molar-refractivity contribution is 7.18. The lowest BCUT2D eigenvalue weighted by atomic mass is 10.0. The molecule has 0 bridgehead atoms. The Morgan fingerprint density at radius 2 is 1.86 bits per heavy atom. The number of esters is 1. The molecule has 0 amide bonds. The zero-order valence-electron chi connectivity index (χ0n) is 15.0. The Kier molecular flexibility index (Phi) is 4.44. The van der Waals surface area contributed by atoms with E-state index in [2.05, 4.69) is 0 Å². The summed E-state index contributed by atoms with van der Waals surface area (Å²) in [4.78, 5) is 23.8. The number of carbonyl (C=O) groups is 1. The van der Waals surface area contributed by atoms with Gasteiger partial charge in [-0.2, -0.15) is 0 Å². The molecular weight excluding hydrogens is 376 g/mol. The van der Waals surface area contributed by atoms with E-state index in [1.165, 1.54) is 23.5 Å². The van der Waals surface area contributed by atoms with Crippen LogP contribution in [0.3, 0.4) is 0 Å². The topological polar surface area (TPSA) is 95.5 Å². The van der Waals surface area contributed by atoms with Gasteiger partial charge in [0, 0.05) is 28.1 Å². The van der Waals surface area contributed by atoms with Crippen LogP contribution in [-0.4, -0.2) is 17.5 Å². The lowest BCUT2D eigenvalue weighted by Crippen LogP contribution is -2.07. The molecule has 0 aliphatic heterocycles. The first kappa shape index (κ1) is 17.9. The van der Waals surface area contributed by atoms with Crippen molar-refractivity contribution in [2.45, 2.75) is 6.92 Å². The maximum absolute atomic E-state index is 12.5. The minimum Gasteiger partial charge on any atom is -0.462 e. The zero-order chi connectivity index (χ0) is 19.8. The van der Waals surface area contributed by atoms with Gasteiger partial charge in [-0.05, 0) is 41.8 Å². The predicted molar refractivity (Wildman–Crippen MR) is 110 cm³/mol. The third kappa shape index (κ3) is 2.86. The second-order valence-electron chi connectivity index (χ2n) is 6.22. The number of nitrogens with two attached hydrogens (primary N) is 1. The van der Waals surface area contributed by atoms with Crippen molar-refractivity contribution >= 4 is 39.6 Å². The molecule has 2 aromatic carbocycles. The smallest absolute Gasteiger partial charge is 0.341 e. The van der Waals surface area contributed by atoms with Crippen molar-refractivity contribution in [3.8, 4) is 11.1 Å². The number of anilines is 1. The molecule has 0 fully saturated rings. The maximum atomic E-state index is 12.5. The van der Waals surface area contributed by atoms with Gasteiger partial charge in [0.2, 0.25) is 0 Å². The van der Waals surface area contributed by atoms with Gasteiger partial charge in [0.25, 0.3) is 5.69 Å². The molecule has 6 nitrogen and oxygen atoms in total. The minimum absolute atomic E-state index is 0.0413. The Morgan fingerprint density at radius 3 is 2.50 bits per heavy atom. The highest BCUT2D eigenvalue weighted by atomic mass is 32.1. The SMILES string of the molecule is CCOC(=O)c1c(N)sc2c1-c1ccccc1/C2=C\c1ccc([N+](=O)[O-])cc1. The summed E-state index contributed by atoms with van der Waals surface area (Å²) in [6.07, 6.45) is 1.96. The van der Waals surface area contributed by atoms with Gasteiger partial charge >= 0.3 is 5.97 Å². The normalized spacial score (nSPS) is 13.2. The number of nitrogen functional groups attached to an aromatic ring is 1. The number of hydrogen-bond acceptors (Lipinski definition) is 6. The predicted octanol–water partition coefficient (Wildman–Crippen LogP) is 4.98. The van der Waals surface area contributed by atoms with Crippen LogP contribution in [0.2, 0.25) is 0 Å². The van der Waals surface area contributed by atoms with E-state index in [4.69, 9.17) is 10.5 Å². The molecule has 3 aromatic rings. The maximum Gasteiger partial charge on any atom is 0.341 e. The van der Waals surface area contributed by atoms with Crippen molar-refractivity contribution in [3.05, 3.63) is 80.2 Å². The number of nitrogens with zero attached hydrogens (tertiary/aromatic N) is 1. The lowest BCUT2D eigenvalue weighted by molar-refractivity contribution is -0.384. The summed E-state index contributed by atoms with van der Waals surface area (Å²) in [5.41, 5.74) is 11.1. The van der Waals surface area contributed by atoms with Crippen molar-refractivity contribution in [2.75, 3.05) is 12.3 Å². The molecule has 1 aliphatic carbocycles. The Bertz CT molecular complexity index is 1130. The number of nitro benzene ring substituents is 1. The molecule has 4 rings (SSSR count). The van der Waals surface area contributed by atoms with Gasteiger partial charge in [-0.3, -0.25) is 10.1 Å². The molecule has 0 saturated heterocycles. The molecular formula is C21H16N2O4S. The fraction of sp³-hybridized carbons (Fsp3) is 0.0952. The summed E-state index contributed by atoms with van der Waals surface area (Å²) in [7, 11) is 0. The Balaban J connectivity index is 1.88. The Hall–Kier alpha value is -3.45. The van der Waals surface area contributed by atoms with Crippen LogP contribution in [0.15, 0.2) is 48.5 Å². The minimum atomic E-state index is -0.427. The summed E-state index contributed by atoms with van der Waals surface area (Å²) < 4.78 is 5.20. The van der Waals surface area contributed by atoms with Crippen molar-refractivity contribution in [1.29, 1.82) is 0 Å². The van der Waals surface area contributed by atoms with Crippen LogP contribution in [0.4, 0.5) is 10.7 Å². The molecule has 2 N–H and O–H groups in total. The molecule has 0 unspecified atom stereocenters. The molecule has 140 valence electrons. The van der Waals surface area contributed by atoms with Crippen molar-refractivity contribution < 1.29 is 14.5 Å². The monoisotopic (exact) mass is 392 g/mol. The van der Waals surface area contributed by atoms with Crippen molar-refractivity contribution in [1.82, 2.24) is 0 Å². The van der Waals surface area contributed by atoms with Crippen LogP contribution in [0.5, 0.6) is 0 Å². The van der Waals surface area contributed by atoms with Gasteiger partial charge in [-0.1, -0.05) is 24.3 Å². The summed E-state index contributed by atoms with van der Waals surface area (Å²) in [5, 5.41) is 11.3. The van der Waals surface area contributed by atoms with Gasteiger partial charge in [-0.15, -0.1) is 11.3 Å².